The quantitative estimate of drug-likeness (QED) is 0.0635. The fraction of sp³-hybridized carbons (Fsp3) is 0.238. The number of aromatic nitrogens is 4. The van der Waals surface area contributed by atoms with Gasteiger partial charge in [-0.3, -0.25) is 0 Å². The monoisotopic (exact) mass is 906 g/mol. The maximum absolute atomic E-state index is 11.5. The molecule has 0 fully saturated rings. The second-order valence-electron chi connectivity index (χ2n) is 12.9. The topological polar surface area (TPSA) is 192 Å². The van der Waals surface area contributed by atoms with E-state index in [4.69, 9.17) is 9.47 Å². The van der Waals surface area contributed by atoms with Gasteiger partial charge in [0.2, 0.25) is 0 Å². The van der Waals surface area contributed by atoms with Crippen molar-refractivity contribution in [1.29, 1.82) is 0 Å². The number of nitrogens with one attached hydrogen (secondary N) is 2. The maximum atomic E-state index is 11.5. The first-order valence-corrected chi connectivity index (χ1v) is 23.3. The van der Waals surface area contributed by atoms with Gasteiger partial charge < -0.3 is 30.0 Å². The van der Waals surface area contributed by atoms with Gasteiger partial charge >= 0.3 is 0 Å². The second kappa shape index (κ2) is 23.2. The number of hydrogen-bond donors (Lipinski definition) is 3. The lowest BCUT2D eigenvalue weighted by atomic mass is 10.1. The third-order valence-electron chi connectivity index (χ3n) is 7.76. The summed E-state index contributed by atoms with van der Waals surface area (Å²) in [6.45, 7) is 1.74. The molecular weight excluding hydrogens is 861 g/mol. The Morgan fingerprint density at radius 1 is 0.593 bits per heavy atom. The SMILES string of the molecule is COCCBr.COCCOc1ccccc1-c1cc(Nc2cccc(CS(C)(=O)=O)c2)ncn1.CS(=O)(=O)Cc1cccc(Nc2cc(-c3ccccc3O)ncn2)c1. The predicted octanol–water partition coefficient (Wildman–Crippen LogP) is 7.62. The molecule has 0 bridgehead atoms. The number of rotatable bonds is 16. The number of para-hydroxylation sites is 2. The maximum Gasteiger partial charge on any atom is 0.151 e. The minimum absolute atomic E-state index is 0.0102. The molecule has 14 nitrogen and oxygen atoms in total. The zero-order valence-corrected chi connectivity index (χ0v) is 36.3. The zero-order valence-electron chi connectivity index (χ0n) is 33.1. The molecule has 0 unspecified atom stereocenters. The van der Waals surface area contributed by atoms with Crippen LogP contribution in [0.1, 0.15) is 11.1 Å². The number of ether oxygens (including phenoxy) is 3. The number of nitrogens with zero attached hydrogens (tertiary/aromatic N) is 4. The van der Waals surface area contributed by atoms with Crippen molar-refractivity contribution in [3.05, 3.63) is 133 Å². The molecule has 312 valence electrons. The zero-order chi connectivity index (χ0) is 42.7. The molecule has 6 aromatic rings. The van der Waals surface area contributed by atoms with E-state index in [-0.39, 0.29) is 17.3 Å². The van der Waals surface area contributed by atoms with E-state index in [1.165, 1.54) is 25.2 Å². The fourth-order valence-corrected chi connectivity index (χ4v) is 7.23. The lowest BCUT2D eigenvalue weighted by Gasteiger charge is -2.12. The minimum atomic E-state index is -3.10. The molecule has 59 heavy (non-hydrogen) atoms. The molecule has 0 radical (unpaired) electrons. The number of alkyl halides is 1. The summed E-state index contributed by atoms with van der Waals surface area (Å²) < 4.78 is 61.4. The summed E-state index contributed by atoms with van der Waals surface area (Å²) in [7, 11) is -2.89. The molecule has 0 saturated heterocycles. The molecule has 6 rings (SSSR count). The summed E-state index contributed by atoms with van der Waals surface area (Å²) >= 11 is 3.18. The van der Waals surface area contributed by atoms with Crippen LogP contribution in [0.3, 0.4) is 0 Å². The van der Waals surface area contributed by atoms with Crippen molar-refractivity contribution in [2.75, 3.05) is 62.5 Å². The van der Waals surface area contributed by atoms with Crippen LogP contribution in [0.5, 0.6) is 11.5 Å². The van der Waals surface area contributed by atoms with Crippen molar-refractivity contribution in [2.45, 2.75) is 11.5 Å². The lowest BCUT2D eigenvalue weighted by Crippen LogP contribution is -2.05. The molecule has 2 aromatic heterocycles. The van der Waals surface area contributed by atoms with Gasteiger partial charge in [0.15, 0.2) is 19.7 Å². The standard InChI is InChI=1S/C21H23N3O4S.C18H17N3O3S.C3H7BrO/c1-27-10-11-28-20-9-4-3-8-18(20)19-13-21(23-15-22-19)24-17-7-5-6-16(12-17)14-29(2,25)26;1-25(23,24)11-13-5-4-6-14(9-13)21-18-10-16(19-12-20-18)15-7-2-3-8-17(15)22;1-5-3-2-4/h3-9,12-13,15H,10-11,14H2,1-2H3,(H,22,23,24);2-10,12,22H,11H2,1H3,(H,19,20,21);2-3H2,1H3. The van der Waals surface area contributed by atoms with E-state index in [2.05, 4.69) is 51.2 Å². The highest BCUT2D eigenvalue weighted by atomic mass is 79.9. The fourth-order valence-electron chi connectivity index (χ4n) is 5.33. The number of benzene rings is 4. The van der Waals surface area contributed by atoms with Crippen LogP contribution in [0.4, 0.5) is 23.0 Å². The summed E-state index contributed by atoms with van der Waals surface area (Å²) in [5.74, 6) is 1.97. The van der Waals surface area contributed by atoms with Crippen LogP contribution in [0.25, 0.3) is 22.5 Å². The Bertz CT molecular complexity index is 2470. The van der Waals surface area contributed by atoms with Gasteiger partial charge in [-0.1, -0.05) is 64.5 Å². The van der Waals surface area contributed by atoms with Gasteiger partial charge in [-0.25, -0.2) is 36.8 Å². The van der Waals surface area contributed by atoms with Gasteiger partial charge in [0.05, 0.1) is 36.1 Å². The van der Waals surface area contributed by atoms with E-state index >= 15 is 0 Å². The van der Waals surface area contributed by atoms with Crippen LogP contribution in [-0.4, -0.2) is 93.8 Å². The normalized spacial score (nSPS) is 11.0. The van der Waals surface area contributed by atoms with E-state index in [0.29, 0.717) is 58.7 Å². The molecule has 2 heterocycles. The Morgan fingerprint density at radius 3 is 1.56 bits per heavy atom. The third-order valence-corrected chi connectivity index (χ3v) is 9.80. The Kier molecular flexibility index (Phi) is 18.2. The molecule has 3 N–H and O–H groups in total. The van der Waals surface area contributed by atoms with Gasteiger partial charge in [-0.2, -0.15) is 0 Å². The van der Waals surface area contributed by atoms with Gasteiger partial charge in [-0.05, 0) is 59.7 Å². The van der Waals surface area contributed by atoms with E-state index in [9.17, 15) is 21.9 Å². The Balaban J connectivity index is 0.000000236. The van der Waals surface area contributed by atoms with Crippen molar-refractivity contribution in [3.63, 3.8) is 0 Å². The second-order valence-corrected chi connectivity index (χ2v) is 18.0. The summed E-state index contributed by atoms with van der Waals surface area (Å²) in [4.78, 5) is 17.0. The smallest absolute Gasteiger partial charge is 0.151 e. The summed E-state index contributed by atoms with van der Waals surface area (Å²) in [6, 6.07) is 32.5. The number of sulfone groups is 2. The average molecular weight is 908 g/mol. The number of methoxy groups -OCH3 is 2. The molecular formula is C42H47BrN6O8S2. The van der Waals surface area contributed by atoms with Crippen LogP contribution in [0, 0.1) is 0 Å². The molecule has 0 amide bonds. The third kappa shape index (κ3) is 16.7. The van der Waals surface area contributed by atoms with Crippen LogP contribution < -0.4 is 15.4 Å². The Hall–Kier alpha value is -5.46. The Labute approximate surface area is 354 Å². The van der Waals surface area contributed by atoms with E-state index in [1.807, 2.05) is 54.6 Å². The number of aromatic hydroxyl groups is 1. The average Bonchev–Trinajstić information content (AvgIpc) is 3.18. The number of phenolic OH excluding ortho intramolecular Hbond substituents is 1. The highest BCUT2D eigenvalue weighted by Crippen LogP contribution is 2.31. The molecule has 0 atom stereocenters. The molecule has 4 aromatic carbocycles. The van der Waals surface area contributed by atoms with Crippen molar-refractivity contribution >= 4 is 58.6 Å². The first-order valence-electron chi connectivity index (χ1n) is 18.0. The first-order chi connectivity index (χ1) is 28.3. The van der Waals surface area contributed by atoms with Crippen molar-refractivity contribution in [3.8, 4) is 34.0 Å². The van der Waals surface area contributed by atoms with E-state index in [1.54, 1.807) is 68.8 Å². The van der Waals surface area contributed by atoms with Gasteiger partial charge in [0, 0.05) is 66.7 Å². The highest BCUT2D eigenvalue weighted by Gasteiger charge is 2.11. The molecule has 0 saturated carbocycles. The van der Waals surface area contributed by atoms with Crippen LogP contribution in [0.2, 0.25) is 0 Å². The van der Waals surface area contributed by atoms with Crippen LogP contribution in [0.15, 0.2) is 122 Å². The molecule has 0 aliphatic heterocycles. The van der Waals surface area contributed by atoms with Crippen LogP contribution >= 0.6 is 15.9 Å². The number of halogens is 1. The van der Waals surface area contributed by atoms with Crippen molar-refractivity contribution < 1.29 is 36.2 Å². The number of anilines is 4. The Morgan fingerprint density at radius 2 is 1.08 bits per heavy atom. The predicted molar refractivity (Wildman–Crippen MR) is 236 cm³/mol. The summed E-state index contributed by atoms with van der Waals surface area (Å²) in [5, 5.41) is 17.2. The number of hydrogen-bond acceptors (Lipinski definition) is 14. The van der Waals surface area contributed by atoms with Gasteiger partial charge in [0.1, 0.15) is 42.4 Å². The molecule has 0 aliphatic rings. The van der Waals surface area contributed by atoms with Crippen LogP contribution in [-0.2, 0) is 40.7 Å². The largest absolute Gasteiger partial charge is 0.507 e. The molecule has 0 spiro atoms. The van der Waals surface area contributed by atoms with E-state index < -0.39 is 19.7 Å². The first kappa shape index (κ1) is 46.2. The highest BCUT2D eigenvalue weighted by molar-refractivity contribution is 9.09. The molecule has 17 heteroatoms. The number of phenols is 1. The van der Waals surface area contributed by atoms with E-state index in [0.717, 1.165) is 28.9 Å². The summed E-state index contributed by atoms with van der Waals surface area (Å²) in [6.07, 6.45) is 5.31. The minimum Gasteiger partial charge on any atom is -0.507 e. The van der Waals surface area contributed by atoms with Gasteiger partial charge in [0.25, 0.3) is 0 Å². The van der Waals surface area contributed by atoms with Crippen molar-refractivity contribution in [2.24, 2.45) is 0 Å². The van der Waals surface area contributed by atoms with Crippen molar-refractivity contribution in [1.82, 2.24) is 19.9 Å². The molecule has 0 aliphatic carbocycles. The van der Waals surface area contributed by atoms with Gasteiger partial charge in [-0.15, -0.1) is 0 Å². The summed E-state index contributed by atoms with van der Waals surface area (Å²) in [5.41, 5.74) is 5.64. The lowest BCUT2D eigenvalue weighted by molar-refractivity contribution is 0.146.